The highest BCUT2D eigenvalue weighted by Crippen LogP contribution is 2.18. The number of phenolic OH excluding ortho intramolecular Hbond substituents is 1. The van der Waals surface area contributed by atoms with Crippen molar-refractivity contribution in [3.63, 3.8) is 0 Å². The molecule has 0 radical (unpaired) electrons. The summed E-state index contributed by atoms with van der Waals surface area (Å²) in [6.07, 6.45) is 1.36. The summed E-state index contributed by atoms with van der Waals surface area (Å²) in [6, 6.07) is 6.77. The lowest BCUT2D eigenvalue weighted by molar-refractivity contribution is -0.00315. The second-order valence-electron chi connectivity index (χ2n) is 4.65. The molecule has 0 spiro atoms. The zero-order chi connectivity index (χ0) is 12.8. The molecule has 1 rings (SSSR count). The molecule has 0 aliphatic heterocycles. The van der Waals surface area contributed by atoms with E-state index in [4.69, 9.17) is 14.6 Å². The molecule has 1 N–H and O–H groups in total. The van der Waals surface area contributed by atoms with E-state index in [1.165, 1.54) is 0 Å². The van der Waals surface area contributed by atoms with Gasteiger partial charge in [-0.1, -0.05) is 0 Å². The maximum atomic E-state index is 9.16. The van der Waals surface area contributed by atoms with Gasteiger partial charge in [0.15, 0.2) is 0 Å². The predicted octanol–water partition coefficient (Wildman–Crippen LogP) is 3.36. The van der Waals surface area contributed by atoms with Gasteiger partial charge in [-0.3, -0.25) is 0 Å². The molecule has 96 valence electrons. The smallest absolute Gasteiger partial charge is 0.119 e. The Morgan fingerprint density at radius 2 is 1.59 bits per heavy atom. The third-order valence-electron chi connectivity index (χ3n) is 2.34. The zero-order valence-electron chi connectivity index (χ0n) is 11.0. The van der Waals surface area contributed by atoms with Crippen molar-refractivity contribution in [1.82, 2.24) is 0 Å². The standard InChI is InChI=1S/C14H22O3/c1-10(2)16-11(3)9-12(4)17-14-7-5-13(15)6-8-14/h5-8,10-12,15H,9H2,1-4H3. The first-order valence-corrected chi connectivity index (χ1v) is 6.08. The van der Waals surface area contributed by atoms with E-state index in [9.17, 15) is 0 Å². The lowest BCUT2D eigenvalue weighted by Gasteiger charge is -2.21. The fourth-order valence-electron chi connectivity index (χ4n) is 1.79. The fraction of sp³-hybridized carbons (Fsp3) is 0.571. The molecule has 0 fully saturated rings. The van der Waals surface area contributed by atoms with E-state index in [0.29, 0.717) is 0 Å². The van der Waals surface area contributed by atoms with E-state index >= 15 is 0 Å². The minimum Gasteiger partial charge on any atom is -0.508 e. The Balaban J connectivity index is 2.38. The van der Waals surface area contributed by atoms with Crippen LogP contribution in [0, 0.1) is 0 Å². The van der Waals surface area contributed by atoms with Crippen molar-refractivity contribution in [3.05, 3.63) is 24.3 Å². The Labute approximate surface area is 103 Å². The quantitative estimate of drug-likeness (QED) is 0.826. The molecule has 0 saturated carbocycles. The van der Waals surface area contributed by atoms with Crippen LogP contribution < -0.4 is 4.74 Å². The highest BCUT2D eigenvalue weighted by molar-refractivity contribution is 5.30. The number of phenols is 1. The van der Waals surface area contributed by atoms with Crippen molar-refractivity contribution >= 4 is 0 Å². The van der Waals surface area contributed by atoms with Crippen LogP contribution in [0.25, 0.3) is 0 Å². The summed E-state index contributed by atoms with van der Waals surface area (Å²) in [6.45, 7) is 8.13. The maximum absolute atomic E-state index is 9.16. The fourth-order valence-corrected chi connectivity index (χ4v) is 1.79. The minimum atomic E-state index is 0.0910. The van der Waals surface area contributed by atoms with Crippen molar-refractivity contribution in [3.8, 4) is 11.5 Å². The van der Waals surface area contributed by atoms with E-state index in [1.54, 1.807) is 24.3 Å². The molecule has 3 heteroatoms. The summed E-state index contributed by atoms with van der Waals surface area (Å²) in [4.78, 5) is 0. The van der Waals surface area contributed by atoms with Crippen molar-refractivity contribution in [2.45, 2.75) is 52.4 Å². The Morgan fingerprint density at radius 3 is 2.12 bits per heavy atom. The average molecular weight is 238 g/mol. The van der Waals surface area contributed by atoms with Gasteiger partial charge >= 0.3 is 0 Å². The van der Waals surface area contributed by atoms with Crippen LogP contribution in [0.2, 0.25) is 0 Å². The Bertz CT molecular complexity index is 319. The van der Waals surface area contributed by atoms with E-state index in [2.05, 4.69) is 6.92 Å². The molecule has 0 bridgehead atoms. The molecule has 0 heterocycles. The van der Waals surface area contributed by atoms with Crippen LogP contribution in [-0.4, -0.2) is 23.4 Å². The first kappa shape index (κ1) is 13.8. The van der Waals surface area contributed by atoms with Crippen molar-refractivity contribution < 1.29 is 14.6 Å². The number of aromatic hydroxyl groups is 1. The molecule has 17 heavy (non-hydrogen) atoms. The Hall–Kier alpha value is -1.22. The SMILES string of the molecule is CC(C)OC(C)CC(C)Oc1ccc(O)cc1. The molecule has 1 aromatic rings. The van der Waals surface area contributed by atoms with E-state index < -0.39 is 0 Å². The molecule has 0 saturated heterocycles. The summed E-state index contributed by atoms with van der Waals surface area (Å²) in [5.74, 6) is 1.02. The topological polar surface area (TPSA) is 38.7 Å². The monoisotopic (exact) mass is 238 g/mol. The van der Waals surface area contributed by atoms with Gasteiger partial charge in [-0.2, -0.15) is 0 Å². The van der Waals surface area contributed by atoms with Crippen LogP contribution in [0.5, 0.6) is 11.5 Å². The predicted molar refractivity (Wildman–Crippen MR) is 68.5 cm³/mol. The number of ether oxygens (including phenoxy) is 2. The zero-order valence-corrected chi connectivity index (χ0v) is 11.0. The summed E-state index contributed by atoms with van der Waals surface area (Å²) in [5, 5.41) is 9.16. The third-order valence-corrected chi connectivity index (χ3v) is 2.34. The van der Waals surface area contributed by atoms with E-state index in [-0.39, 0.29) is 24.1 Å². The maximum Gasteiger partial charge on any atom is 0.119 e. The molecular weight excluding hydrogens is 216 g/mol. The Morgan fingerprint density at radius 1 is 1.00 bits per heavy atom. The van der Waals surface area contributed by atoms with Gasteiger partial charge in [-0.05, 0) is 52.0 Å². The van der Waals surface area contributed by atoms with Gasteiger partial charge in [0.1, 0.15) is 11.5 Å². The van der Waals surface area contributed by atoms with Crippen molar-refractivity contribution in [2.75, 3.05) is 0 Å². The van der Waals surface area contributed by atoms with Crippen LogP contribution in [0.15, 0.2) is 24.3 Å². The first-order valence-electron chi connectivity index (χ1n) is 6.08. The molecule has 3 nitrogen and oxygen atoms in total. The molecule has 0 amide bonds. The second-order valence-corrected chi connectivity index (χ2v) is 4.65. The highest BCUT2D eigenvalue weighted by Gasteiger charge is 2.11. The number of hydrogen-bond acceptors (Lipinski definition) is 3. The number of rotatable bonds is 6. The van der Waals surface area contributed by atoms with Crippen LogP contribution in [0.1, 0.15) is 34.1 Å². The third kappa shape index (κ3) is 5.59. The summed E-state index contributed by atoms with van der Waals surface area (Å²) >= 11 is 0. The van der Waals surface area contributed by atoms with Gasteiger partial charge in [0.25, 0.3) is 0 Å². The molecule has 1 aromatic carbocycles. The van der Waals surface area contributed by atoms with Gasteiger partial charge in [0, 0.05) is 6.42 Å². The molecular formula is C14H22O3. The minimum absolute atomic E-state index is 0.0910. The van der Waals surface area contributed by atoms with E-state index in [0.717, 1.165) is 12.2 Å². The molecule has 0 aliphatic carbocycles. The van der Waals surface area contributed by atoms with E-state index in [1.807, 2.05) is 20.8 Å². The summed E-state index contributed by atoms with van der Waals surface area (Å²) in [5.41, 5.74) is 0. The van der Waals surface area contributed by atoms with Crippen LogP contribution >= 0.6 is 0 Å². The van der Waals surface area contributed by atoms with Crippen molar-refractivity contribution in [2.24, 2.45) is 0 Å². The average Bonchev–Trinajstić information content (AvgIpc) is 2.19. The van der Waals surface area contributed by atoms with Gasteiger partial charge in [0.05, 0.1) is 18.3 Å². The van der Waals surface area contributed by atoms with Gasteiger partial charge in [-0.15, -0.1) is 0 Å². The van der Waals surface area contributed by atoms with Crippen LogP contribution in [0.4, 0.5) is 0 Å². The molecule has 2 atom stereocenters. The summed E-state index contributed by atoms with van der Waals surface area (Å²) in [7, 11) is 0. The van der Waals surface area contributed by atoms with Crippen LogP contribution in [-0.2, 0) is 4.74 Å². The Kier molecular flexibility index (Phi) is 5.29. The van der Waals surface area contributed by atoms with Gasteiger partial charge in [0.2, 0.25) is 0 Å². The lowest BCUT2D eigenvalue weighted by atomic mass is 10.2. The van der Waals surface area contributed by atoms with Crippen LogP contribution in [0.3, 0.4) is 0 Å². The molecule has 2 unspecified atom stereocenters. The normalized spacial score (nSPS) is 14.6. The number of hydrogen-bond donors (Lipinski definition) is 1. The highest BCUT2D eigenvalue weighted by atomic mass is 16.5. The summed E-state index contributed by atoms with van der Waals surface area (Å²) < 4.78 is 11.4. The van der Waals surface area contributed by atoms with Crippen molar-refractivity contribution in [1.29, 1.82) is 0 Å². The molecule has 0 aromatic heterocycles. The molecule has 0 aliphatic rings. The second kappa shape index (κ2) is 6.50. The number of benzene rings is 1. The lowest BCUT2D eigenvalue weighted by Crippen LogP contribution is -2.23. The van der Waals surface area contributed by atoms with Gasteiger partial charge < -0.3 is 14.6 Å². The van der Waals surface area contributed by atoms with Gasteiger partial charge in [-0.25, -0.2) is 0 Å². The first-order chi connectivity index (χ1) is 7.97. The largest absolute Gasteiger partial charge is 0.508 e.